The van der Waals surface area contributed by atoms with Crippen molar-refractivity contribution in [3.63, 3.8) is 0 Å². The molecule has 1 fully saturated rings. The topological polar surface area (TPSA) is 65.5 Å². The van der Waals surface area contributed by atoms with Crippen LogP contribution >= 0.6 is 0 Å². The van der Waals surface area contributed by atoms with Gasteiger partial charge in [0, 0.05) is 36.2 Å². The summed E-state index contributed by atoms with van der Waals surface area (Å²) in [6, 6.07) is 18.4. The maximum absolute atomic E-state index is 13.0. The van der Waals surface area contributed by atoms with E-state index in [9.17, 15) is 9.90 Å². The summed E-state index contributed by atoms with van der Waals surface area (Å²) in [6.45, 7) is 5.45. The molecule has 31 heavy (non-hydrogen) atoms. The van der Waals surface area contributed by atoms with Gasteiger partial charge in [-0.25, -0.2) is 0 Å². The SMILES string of the molecule is Cc1ccc(-c2cc(C(=O)NCc3ccc(C)nc3)cc(N3CCC[C@H]3CO)c2)cc1. The van der Waals surface area contributed by atoms with Crippen molar-refractivity contribution in [2.45, 2.75) is 39.3 Å². The molecule has 4 rings (SSSR count). The second-order valence-corrected chi connectivity index (χ2v) is 8.30. The summed E-state index contributed by atoms with van der Waals surface area (Å²) in [4.78, 5) is 19.6. The van der Waals surface area contributed by atoms with Crippen LogP contribution in [-0.4, -0.2) is 35.2 Å². The third-order valence-corrected chi connectivity index (χ3v) is 5.91. The van der Waals surface area contributed by atoms with Crippen LogP contribution in [0, 0.1) is 13.8 Å². The zero-order chi connectivity index (χ0) is 21.8. The molecule has 1 aliphatic rings. The quantitative estimate of drug-likeness (QED) is 0.631. The summed E-state index contributed by atoms with van der Waals surface area (Å²) in [7, 11) is 0. The number of hydrogen-bond acceptors (Lipinski definition) is 4. The fourth-order valence-corrected chi connectivity index (χ4v) is 4.07. The van der Waals surface area contributed by atoms with Gasteiger partial charge in [0.05, 0.1) is 12.6 Å². The molecule has 2 N–H and O–H groups in total. The summed E-state index contributed by atoms with van der Waals surface area (Å²) in [5.74, 6) is -0.115. The van der Waals surface area contributed by atoms with Gasteiger partial charge in [0.25, 0.3) is 5.91 Å². The average Bonchev–Trinajstić information content (AvgIpc) is 3.28. The Morgan fingerprint density at radius 3 is 2.61 bits per heavy atom. The summed E-state index contributed by atoms with van der Waals surface area (Å²) in [5.41, 5.74) is 6.80. The van der Waals surface area contributed by atoms with E-state index in [4.69, 9.17) is 0 Å². The highest BCUT2D eigenvalue weighted by Crippen LogP contribution is 2.31. The van der Waals surface area contributed by atoms with Crippen molar-refractivity contribution in [2.24, 2.45) is 0 Å². The van der Waals surface area contributed by atoms with Crippen molar-refractivity contribution in [3.8, 4) is 11.1 Å². The third-order valence-electron chi connectivity index (χ3n) is 5.91. The standard InChI is InChI=1S/C26H29N3O2/c1-18-5-9-21(10-6-18)22-12-23(14-25(13-22)29-11-3-4-24(29)17-30)26(31)28-16-20-8-7-19(2)27-15-20/h5-10,12-15,24,30H,3-4,11,16-17H2,1-2H3,(H,28,31)/t24-/m0/s1. The smallest absolute Gasteiger partial charge is 0.251 e. The first-order chi connectivity index (χ1) is 15.0. The number of amides is 1. The molecule has 1 saturated heterocycles. The second kappa shape index (κ2) is 9.31. The van der Waals surface area contributed by atoms with E-state index in [-0.39, 0.29) is 18.6 Å². The van der Waals surface area contributed by atoms with Crippen LogP contribution in [0.5, 0.6) is 0 Å². The molecule has 160 valence electrons. The molecule has 5 nitrogen and oxygen atoms in total. The van der Waals surface area contributed by atoms with E-state index in [1.54, 1.807) is 6.20 Å². The maximum atomic E-state index is 13.0. The lowest BCUT2D eigenvalue weighted by molar-refractivity contribution is 0.0951. The van der Waals surface area contributed by atoms with Crippen LogP contribution in [0.25, 0.3) is 11.1 Å². The molecular formula is C26H29N3O2. The maximum Gasteiger partial charge on any atom is 0.251 e. The first-order valence-electron chi connectivity index (χ1n) is 10.8. The zero-order valence-corrected chi connectivity index (χ0v) is 18.1. The summed E-state index contributed by atoms with van der Waals surface area (Å²) >= 11 is 0. The van der Waals surface area contributed by atoms with Crippen molar-refractivity contribution >= 4 is 11.6 Å². The number of hydrogen-bond donors (Lipinski definition) is 2. The lowest BCUT2D eigenvalue weighted by Gasteiger charge is -2.26. The Labute approximate surface area is 183 Å². The van der Waals surface area contributed by atoms with E-state index < -0.39 is 0 Å². The van der Waals surface area contributed by atoms with Crippen LogP contribution in [0.3, 0.4) is 0 Å². The summed E-state index contributed by atoms with van der Waals surface area (Å²) in [5, 5.41) is 12.8. The molecule has 1 amide bonds. The van der Waals surface area contributed by atoms with Gasteiger partial charge in [0.2, 0.25) is 0 Å². The van der Waals surface area contributed by atoms with Crippen molar-refractivity contribution in [2.75, 3.05) is 18.1 Å². The van der Waals surface area contributed by atoms with Gasteiger partial charge >= 0.3 is 0 Å². The number of aliphatic hydroxyl groups excluding tert-OH is 1. The Hall–Kier alpha value is -3.18. The van der Waals surface area contributed by atoms with Crippen LogP contribution in [0.1, 0.15) is 40.0 Å². The summed E-state index contributed by atoms with van der Waals surface area (Å²) in [6.07, 6.45) is 3.80. The number of aliphatic hydroxyl groups is 1. The Balaban J connectivity index is 1.64. The number of aryl methyl sites for hydroxylation is 2. The number of pyridine rings is 1. The molecule has 2 aromatic carbocycles. The molecular weight excluding hydrogens is 386 g/mol. The number of nitrogens with zero attached hydrogens (tertiary/aromatic N) is 2. The molecule has 2 heterocycles. The zero-order valence-electron chi connectivity index (χ0n) is 18.1. The normalized spacial score (nSPS) is 15.8. The molecule has 1 aromatic heterocycles. The van der Waals surface area contributed by atoms with Crippen LogP contribution in [0.15, 0.2) is 60.8 Å². The highest BCUT2D eigenvalue weighted by molar-refractivity contribution is 5.97. The fourth-order valence-electron chi connectivity index (χ4n) is 4.07. The molecule has 5 heteroatoms. The van der Waals surface area contributed by atoms with Gasteiger partial charge in [-0.3, -0.25) is 9.78 Å². The molecule has 0 unspecified atom stereocenters. The molecule has 1 atom stereocenters. The molecule has 0 radical (unpaired) electrons. The van der Waals surface area contributed by atoms with E-state index in [1.165, 1.54) is 5.56 Å². The second-order valence-electron chi connectivity index (χ2n) is 8.30. The molecule has 3 aromatic rings. The largest absolute Gasteiger partial charge is 0.394 e. The highest BCUT2D eigenvalue weighted by Gasteiger charge is 2.25. The number of rotatable bonds is 6. The predicted molar refractivity (Wildman–Crippen MR) is 124 cm³/mol. The number of nitrogens with one attached hydrogen (secondary N) is 1. The minimum Gasteiger partial charge on any atom is -0.394 e. The van der Waals surface area contributed by atoms with E-state index in [0.717, 1.165) is 47.5 Å². The van der Waals surface area contributed by atoms with Gasteiger partial charge in [-0.2, -0.15) is 0 Å². The van der Waals surface area contributed by atoms with E-state index in [1.807, 2.05) is 31.2 Å². The summed E-state index contributed by atoms with van der Waals surface area (Å²) < 4.78 is 0. The van der Waals surface area contributed by atoms with Gasteiger partial charge in [-0.05, 0) is 67.6 Å². The van der Waals surface area contributed by atoms with Gasteiger partial charge in [0.1, 0.15) is 0 Å². The van der Waals surface area contributed by atoms with Crippen LogP contribution in [-0.2, 0) is 6.54 Å². The minimum absolute atomic E-state index is 0.0998. The lowest BCUT2D eigenvalue weighted by Crippen LogP contribution is -2.32. The number of benzene rings is 2. The Morgan fingerprint density at radius 1 is 1.10 bits per heavy atom. The first kappa shape index (κ1) is 21.1. The van der Waals surface area contributed by atoms with E-state index >= 15 is 0 Å². The van der Waals surface area contributed by atoms with Crippen molar-refractivity contribution < 1.29 is 9.90 Å². The van der Waals surface area contributed by atoms with E-state index in [0.29, 0.717) is 12.1 Å². The van der Waals surface area contributed by atoms with Crippen LogP contribution < -0.4 is 10.2 Å². The molecule has 1 aliphatic heterocycles. The first-order valence-corrected chi connectivity index (χ1v) is 10.8. The average molecular weight is 416 g/mol. The van der Waals surface area contributed by atoms with Gasteiger partial charge < -0.3 is 15.3 Å². The van der Waals surface area contributed by atoms with Gasteiger partial charge in [-0.1, -0.05) is 35.9 Å². The molecule has 0 saturated carbocycles. The van der Waals surface area contributed by atoms with Crippen molar-refractivity contribution in [1.82, 2.24) is 10.3 Å². The molecule has 0 aliphatic carbocycles. The van der Waals surface area contributed by atoms with Crippen LogP contribution in [0.4, 0.5) is 5.69 Å². The number of anilines is 1. The number of aromatic nitrogens is 1. The predicted octanol–water partition coefficient (Wildman–Crippen LogP) is 4.26. The molecule has 0 spiro atoms. The molecule has 0 bridgehead atoms. The highest BCUT2D eigenvalue weighted by atomic mass is 16.3. The fraction of sp³-hybridized carbons (Fsp3) is 0.308. The van der Waals surface area contributed by atoms with Gasteiger partial charge in [-0.15, -0.1) is 0 Å². The number of carbonyl (C=O) groups excluding carboxylic acids is 1. The monoisotopic (exact) mass is 415 g/mol. The Morgan fingerprint density at radius 2 is 1.90 bits per heavy atom. The lowest BCUT2D eigenvalue weighted by atomic mass is 10.00. The third kappa shape index (κ3) is 4.94. The van der Waals surface area contributed by atoms with Crippen molar-refractivity contribution in [3.05, 3.63) is 83.2 Å². The minimum atomic E-state index is -0.115. The van der Waals surface area contributed by atoms with Crippen molar-refractivity contribution in [1.29, 1.82) is 0 Å². The van der Waals surface area contributed by atoms with Crippen LogP contribution in [0.2, 0.25) is 0 Å². The Bertz CT molecular complexity index is 1050. The number of carbonyl (C=O) groups is 1. The van der Waals surface area contributed by atoms with Gasteiger partial charge in [0.15, 0.2) is 0 Å². The van der Waals surface area contributed by atoms with E-state index in [2.05, 4.69) is 52.5 Å². The Kier molecular flexibility index (Phi) is 6.33.